The minimum Gasteiger partial charge on any atom is -0.320 e. The predicted molar refractivity (Wildman–Crippen MR) is 97.9 cm³/mol. The summed E-state index contributed by atoms with van der Waals surface area (Å²) in [5.41, 5.74) is 1.77. The number of nitrogens with zero attached hydrogens (tertiary/aromatic N) is 3. The molecule has 8 heteroatoms. The molecular formula is C20H13F3N4O. The van der Waals surface area contributed by atoms with Gasteiger partial charge in [-0.05, 0) is 37.3 Å². The van der Waals surface area contributed by atoms with E-state index in [0.717, 1.165) is 11.8 Å². The monoisotopic (exact) mass is 382 g/mol. The summed E-state index contributed by atoms with van der Waals surface area (Å²) in [5, 5.41) is 7.60. The number of rotatable bonds is 3. The minimum atomic E-state index is -1.69. The molecule has 1 amide bonds. The van der Waals surface area contributed by atoms with E-state index in [1.807, 2.05) is 30.3 Å². The number of carbonyl (C=O) groups excluding carboxylic acids is 1. The van der Waals surface area contributed by atoms with E-state index in [1.165, 1.54) is 6.20 Å². The van der Waals surface area contributed by atoms with Crippen LogP contribution in [0, 0.1) is 24.4 Å². The van der Waals surface area contributed by atoms with Gasteiger partial charge in [0.2, 0.25) is 0 Å². The molecule has 0 aliphatic rings. The number of hydrogen-bond acceptors (Lipinski definition) is 3. The van der Waals surface area contributed by atoms with Crippen molar-refractivity contribution in [2.75, 3.05) is 5.32 Å². The van der Waals surface area contributed by atoms with Crippen LogP contribution in [0.1, 0.15) is 16.1 Å². The second-order valence-electron chi connectivity index (χ2n) is 6.10. The molecule has 0 fully saturated rings. The average Bonchev–Trinajstić information content (AvgIpc) is 3.03. The third-order valence-electron chi connectivity index (χ3n) is 4.25. The molecule has 1 N–H and O–H groups in total. The summed E-state index contributed by atoms with van der Waals surface area (Å²) in [6.07, 6.45) is 1.39. The molecule has 0 atom stereocenters. The molecule has 5 nitrogen and oxygen atoms in total. The van der Waals surface area contributed by atoms with Gasteiger partial charge in [-0.1, -0.05) is 18.2 Å². The van der Waals surface area contributed by atoms with E-state index < -0.39 is 28.9 Å². The normalized spacial score (nSPS) is 11.0. The molecule has 0 aliphatic heterocycles. The molecule has 2 heterocycles. The third kappa shape index (κ3) is 2.98. The summed E-state index contributed by atoms with van der Waals surface area (Å²) in [7, 11) is 0. The molecule has 28 heavy (non-hydrogen) atoms. The van der Waals surface area contributed by atoms with Crippen molar-refractivity contribution in [3.63, 3.8) is 0 Å². The van der Waals surface area contributed by atoms with Crippen LogP contribution in [0.5, 0.6) is 0 Å². The van der Waals surface area contributed by atoms with Crippen LogP contribution in [0.25, 0.3) is 16.7 Å². The van der Waals surface area contributed by atoms with Crippen molar-refractivity contribution in [2.24, 2.45) is 0 Å². The number of pyridine rings is 1. The van der Waals surface area contributed by atoms with Crippen molar-refractivity contribution >= 4 is 22.6 Å². The van der Waals surface area contributed by atoms with E-state index in [2.05, 4.69) is 15.4 Å². The van der Waals surface area contributed by atoms with Crippen molar-refractivity contribution in [1.82, 2.24) is 14.8 Å². The fraction of sp³-hybridized carbons (Fsp3) is 0.0500. The molecule has 2 aromatic heterocycles. The van der Waals surface area contributed by atoms with Gasteiger partial charge < -0.3 is 5.32 Å². The zero-order chi connectivity index (χ0) is 19.8. The smallest absolute Gasteiger partial charge is 0.258 e. The minimum absolute atomic E-state index is 0.275. The second-order valence-corrected chi connectivity index (χ2v) is 6.10. The van der Waals surface area contributed by atoms with E-state index >= 15 is 0 Å². The van der Waals surface area contributed by atoms with Crippen LogP contribution >= 0.6 is 0 Å². The maximum atomic E-state index is 13.8. The third-order valence-corrected chi connectivity index (χ3v) is 4.25. The molecule has 0 spiro atoms. The highest BCUT2D eigenvalue weighted by Gasteiger charge is 2.19. The van der Waals surface area contributed by atoms with Crippen LogP contribution in [0.2, 0.25) is 0 Å². The lowest BCUT2D eigenvalue weighted by atomic mass is 10.1. The number of nitrogens with one attached hydrogen (secondary N) is 1. The van der Waals surface area contributed by atoms with Crippen LogP contribution in [0.15, 0.2) is 54.7 Å². The number of benzene rings is 2. The molecule has 0 saturated heterocycles. The molecule has 0 radical (unpaired) electrons. The first-order chi connectivity index (χ1) is 13.5. The summed E-state index contributed by atoms with van der Waals surface area (Å²) < 4.78 is 41.9. The first-order valence-corrected chi connectivity index (χ1v) is 8.31. The number of amides is 1. The molecule has 140 valence electrons. The van der Waals surface area contributed by atoms with Gasteiger partial charge in [0.1, 0.15) is 0 Å². The lowest BCUT2D eigenvalue weighted by molar-refractivity contribution is 0.102. The van der Waals surface area contributed by atoms with E-state index in [-0.39, 0.29) is 5.69 Å². The van der Waals surface area contributed by atoms with Gasteiger partial charge in [-0.15, -0.1) is 0 Å². The lowest BCUT2D eigenvalue weighted by Crippen LogP contribution is -2.15. The number of anilines is 1. The Balaban J connectivity index is 1.69. The number of aromatic nitrogens is 3. The van der Waals surface area contributed by atoms with E-state index in [1.54, 1.807) is 17.7 Å². The van der Waals surface area contributed by atoms with Crippen molar-refractivity contribution in [3.05, 3.63) is 83.4 Å². The van der Waals surface area contributed by atoms with Crippen molar-refractivity contribution < 1.29 is 18.0 Å². The number of carbonyl (C=O) groups is 1. The molecule has 0 bridgehead atoms. The molecule has 4 aromatic rings. The van der Waals surface area contributed by atoms with Gasteiger partial charge in [0.05, 0.1) is 28.8 Å². The quantitative estimate of drug-likeness (QED) is 0.535. The van der Waals surface area contributed by atoms with Gasteiger partial charge in [0.15, 0.2) is 23.1 Å². The molecular weight excluding hydrogens is 369 g/mol. The molecule has 0 aliphatic carbocycles. The highest BCUT2D eigenvalue weighted by molar-refractivity contribution is 6.05. The predicted octanol–water partition coefficient (Wildman–Crippen LogP) is 4.40. The number of hydrogen-bond donors (Lipinski definition) is 1. The summed E-state index contributed by atoms with van der Waals surface area (Å²) >= 11 is 0. The summed E-state index contributed by atoms with van der Waals surface area (Å²) in [6, 6.07) is 12.6. The first kappa shape index (κ1) is 17.7. The summed E-state index contributed by atoms with van der Waals surface area (Å²) in [6.45, 7) is 1.80. The van der Waals surface area contributed by atoms with E-state index in [0.29, 0.717) is 22.8 Å². The van der Waals surface area contributed by atoms with Gasteiger partial charge in [0, 0.05) is 5.39 Å². The fourth-order valence-electron chi connectivity index (χ4n) is 2.86. The van der Waals surface area contributed by atoms with Crippen molar-refractivity contribution in [2.45, 2.75) is 6.92 Å². The van der Waals surface area contributed by atoms with E-state index in [4.69, 9.17) is 0 Å². The van der Waals surface area contributed by atoms with Gasteiger partial charge in [0.25, 0.3) is 5.91 Å². The Kier molecular flexibility index (Phi) is 4.31. The van der Waals surface area contributed by atoms with E-state index in [9.17, 15) is 18.0 Å². The summed E-state index contributed by atoms with van der Waals surface area (Å²) in [5.74, 6) is -5.51. The lowest BCUT2D eigenvalue weighted by Gasteiger charge is -2.07. The van der Waals surface area contributed by atoms with Gasteiger partial charge in [-0.2, -0.15) is 5.10 Å². The Labute approximate surface area is 157 Å². The molecule has 4 rings (SSSR count). The number of halogens is 3. The Morgan fingerprint density at radius 3 is 2.54 bits per heavy atom. The highest BCUT2D eigenvalue weighted by Crippen LogP contribution is 2.24. The Morgan fingerprint density at radius 1 is 1.04 bits per heavy atom. The van der Waals surface area contributed by atoms with Crippen LogP contribution in [0.4, 0.5) is 18.9 Å². The first-order valence-electron chi connectivity index (χ1n) is 8.31. The van der Waals surface area contributed by atoms with Crippen LogP contribution in [0.3, 0.4) is 0 Å². The standard InChI is InChI=1S/C20H13F3N4O/c1-11-15-9-12(25-20(28)14-7-8-16(21)18(23)17(14)22)10-24-19(15)27(26-11)13-5-3-2-4-6-13/h2-10H,1H3,(H,25,28). The van der Waals surface area contributed by atoms with Crippen LogP contribution in [-0.2, 0) is 0 Å². The zero-order valence-electron chi connectivity index (χ0n) is 14.6. The topological polar surface area (TPSA) is 59.8 Å². The number of fused-ring (bicyclic) bond motifs is 1. The van der Waals surface area contributed by atoms with Gasteiger partial charge in [-0.3, -0.25) is 4.79 Å². The van der Waals surface area contributed by atoms with Crippen molar-refractivity contribution in [1.29, 1.82) is 0 Å². The summed E-state index contributed by atoms with van der Waals surface area (Å²) in [4.78, 5) is 16.6. The van der Waals surface area contributed by atoms with Gasteiger partial charge >= 0.3 is 0 Å². The Morgan fingerprint density at radius 2 is 1.79 bits per heavy atom. The number of aryl methyl sites for hydroxylation is 1. The molecule has 0 saturated carbocycles. The van der Waals surface area contributed by atoms with Crippen molar-refractivity contribution in [3.8, 4) is 5.69 Å². The SMILES string of the molecule is Cc1nn(-c2ccccc2)c2ncc(NC(=O)c3ccc(F)c(F)c3F)cc12. The maximum Gasteiger partial charge on any atom is 0.258 e. The zero-order valence-corrected chi connectivity index (χ0v) is 14.6. The van der Waals surface area contributed by atoms with Crippen LogP contribution < -0.4 is 5.32 Å². The average molecular weight is 382 g/mol. The molecule has 0 unspecified atom stereocenters. The Hall–Kier alpha value is -3.68. The second kappa shape index (κ2) is 6.80. The Bertz CT molecular complexity index is 1210. The fourth-order valence-corrected chi connectivity index (χ4v) is 2.86. The van der Waals surface area contributed by atoms with Gasteiger partial charge in [-0.25, -0.2) is 22.8 Å². The number of para-hydroxylation sites is 1. The molecule has 2 aromatic carbocycles. The van der Waals surface area contributed by atoms with Crippen LogP contribution in [-0.4, -0.2) is 20.7 Å². The largest absolute Gasteiger partial charge is 0.320 e. The highest BCUT2D eigenvalue weighted by atomic mass is 19.2. The maximum absolute atomic E-state index is 13.8.